The molecule has 0 unspecified atom stereocenters. The molecule has 0 aliphatic heterocycles. The van der Waals surface area contributed by atoms with Crippen molar-refractivity contribution in [2.24, 2.45) is 4.99 Å². The van der Waals surface area contributed by atoms with Gasteiger partial charge in [-0.25, -0.2) is 4.98 Å². The third-order valence-corrected chi connectivity index (χ3v) is 4.50. The minimum Gasteiger partial charge on any atom is -0.378 e. The molecule has 0 atom stereocenters. The molecule has 0 saturated heterocycles. The third-order valence-electron chi connectivity index (χ3n) is 3.59. The van der Waals surface area contributed by atoms with Crippen LogP contribution in [0.2, 0.25) is 0 Å². The summed E-state index contributed by atoms with van der Waals surface area (Å²) in [6.07, 6.45) is 1.90. The molecule has 2 N–H and O–H groups in total. The molecule has 0 aliphatic carbocycles. The fourth-order valence-corrected chi connectivity index (χ4v) is 2.93. The molecule has 23 heavy (non-hydrogen) atoms. The summed E-state index contributed by atoms with van der Waals surface area (Å²) in [6.45, 7) is 5.64. The number of hydrogen-bond donors (Lipinski definition) is 2. The molecule has 1 aromatic carbocycles. The van der Waals surface area contributed by atoms with Crippen molar-refractivity contribution in [1.82, 2.24) is 15.6 Å². The maximum absolute atomic E-state index is 4.35. The molecule has 0 fully saturated rings. The van der Waals surface area contributed by atoms with Crippen molar-refractivity contribution in [3.63, 3.8) is 0 Å². The molecule has 0 bridgehead atoms. The van der Waals surface area contributed by atoms with Crippen LogP contribution in [0.4, 0.5) is 5.69 Å². The Kier molecular flexibility index (Phi) is 5.98. The van der Waals surface area contributed by atoms with Gasteiger partial charge in [-0.3, -0.25) is 4.99 Å². The normalized spacial score (nSPS) is 11.4. The van der Waals surface area contributed by atoms with Gasteiger partial charge in [0.15, 0.2) is 5.96 Å². The van der Waals surface area contributed by atoms with Gasteiger partial charge in [0.1, 0.15) is 5.01 Å². The lowest BCUT2D eigenvalue weighted by Gasteiger charge is -2.16. The van der Waals surface area contributed by atoms with Crippen molar-refractivity contribution >= 4 is 23.0 Å². The zero-order valence-corrected chi connectivity index (χ0v) is 15.3. The van der Waals surface area contributed by atoms with Crippen molar-refractivity contribution in [1.29, 1.82) is 0 Å². The van der Waals surface area contributed by atoms with Crippen LogP contribution in [0.1, 0.15) is 21.0 Å². The molecular formula is C17H25N5S. The molecule has 0 radical (unpaired) electrons. The number of guanidine groups is 1. The Bertz CT molecular complexity index is 675. The smallest absolute Gasteiger partial charge is 0.191 e. The summed E-state index contributed by atoms with van der Waals surface area (Å²) in [5.41, 5.74) is 3.76. The van der Waals surface area contributed by atoms with Crippen molar-refractivity contribution in [3.05, 3.63) is 45.4 Å². The molecule has 2 aromatic rings. The lowest BCUT2D eigenvalue weighted by atomic mass is 10.1. The predicted octanol–water partition coefficient (Wildman–Crippen LogP) is 2.69. The van der Waals surface area contributed by atoms with E-state index in [1.165, 1.54) is 21.7 Å². The van der Waals surface area contributed by atoms with Gasteiger partial charge in [-0.2, -0.15) is 0 Å². The summed E-state index contributed by atoms with van der Waals surface area (Å²) >= 11 is 1.70. The summed E-state index contributed by atoms with van der Waals surface area (Å²) < 4.78 is 0. The van der Waals surface area contributed by atoms with Crippen LogP contribution in [-0.4, -0.2) is 32.1 Å². The van der Waals surface area contributed by atoms with E-state index >= 15 is 0 Å². The lowest BCUT2D eigenvalue weighted by Crippen LogP contribution is -2.36. The maximum atomic E-state index is 4.35. The minimum atomic E-state index is 0.691. The van der Waals surface area contributed by atoms with E-state index in [-0.39, 0.29) is 0 Å². The lowest BCUT2D eigenvalue weighted by molar-refractivity contribution is 0.802. The number of anilines is 1. The van der Waals surface area contributed by atoms with E-state index in [0.29, 0.717) is 6.54 Å². The topological polar surface area (TPSA) is 52.6 Å². The molecule has 1 aromatic heterocycles. The quantitative estimate of drug-likeness (QED) is 0.653. The van der Waals surface area contributed by atoms with E-state index in [0.717, 1.165) is 17.5 Å². The second-order valence-electron chi connectivity index (χ2n) is 5.65. The number of aryl methyl sites for hydroxylation is 2. The SMILES string of the molecule is CN=C(NCc1ncc(C)s1)NCc1ccc(N(C)C)cc1C. The fourth-order valence-electron chi connectivity index (χ4n) is 2.20. The van der Waals surface area contributed by atoms with Gasteiger partial charge in [-0.05, 0) is 37.1 Å². The van der Waals surface area contributed by atoms with Gasteiger partial charge < -0.3 is 15.5 Å². The van der Waals surface area contributed by atoms with Gasteiger partial charge in [-0.1, -0.05) is 6.07 Å². The monoisotopic (exact) mass is 331 g/mol. The number of rotatable bonds is 5. The van der Waals surface area contributed by atoms with E-state index in [1.807, 2.05) is 6.20 Å². The molecule has 2 rings (SSSR count). The van der Waals surface area contributed by atoms with E-state index in [4.69, 9.17) is 0 Å². The Morgan fingerprint density at radius 1 is 1.22 bits per heavy atom. The number of hydrogen-bond acceptors (Lipinski definition) is 4. The van der Waals surface area contributed by atoms with Crippen LogP contribution in [-0.2, 0) is 13.1 Å². The molecule has 124 valence electrons. The molecular weight excluding hydrogens is 306 g/mol. The number of benzene rings is 1. The second-order valence-corrected chi connectivity index (χ2v) is 6.97. The molecule has 0 amide bonds. The van der Waals surface area contributed by atoms with Gasteiger partial charge in [0.2, 0.25) is 0 Å². The van der Waals surface area contributed by atoms with Crippen molar-refractivity contribution in [2.75, 3.05) is 26.0 Å². The van der Waals surface area contributed by atoms with Crippen LogP contribution in [0, 0.1) is 13.8 Å². The van der Waals surface area contributed by atoms with Gasteiger partial charge in [0, 0.05) is 44.4 Å². The largest absolute Gasteiger partial charge is 0.378 e. The summed E-state index contributed by atoms with van der Waals surface area (Å²) in [7, 11) is 5.89. The summed E-state index contributed by atoms with van der Waals surface area (Å²) in [6, 6.07) is 6.50. The Morgan fingerprint density at radius 3 is 2.52 bits per heavy atom. The Labute approximate surface area is 142 Å². The number of aliphatic imine (C=N–C) groups is 1. The van der Waals surface area contributed by atoms with Crippen molar-refractivity contribution < 1.29 is 0 Å². The van der Waals surface area contributed by atoms with E-state index in [2.05, 4.69) is 71.7 Å². The molecule has 0 saturated carbocycles. The molecule has 5 nitrogen and oxygen atoms in total. The molecule has 6 heteroatoms. The average molecular weight is 331 g/mol. The highest BCUT2D eigenvalue weighted by Gasteiger charge is 2.04. The van der Waals surface area contributed by atoms with Crippen molar-refractivity contribution in [3.8, 4) is 0 Å². The zero-order chi connectivity index (χ0) is 16.8. The number of nitrogens with one attached hydrogen (secondary N) is 2. The first-order valence-electron chi connectivity index (χ1n) is 7.62. The molecule has 0 aliphatic rings. The summed E-state index contributed by atoms with van der Waals surface area (Å²) in [4.78, 5) is 11.9. The Hall–Kier alpha value is -2.08. The van der Waals surface area contributed by atoms with E-state index < -0.39 is 0 Å². The predicted molar refractivity (Wildman–Crippen MR) is 99.4 cm³/mol. The first kappa shape index (κ1) is 17.3. The zero-order valence-electron chi connectivity index (χ0n) is 14.5. The number of nitrogens with zero attached hydrogens (tertiary/aromatic N) is 3. The first-order chi connectivity index (χ1) is 11.0. The minimum absolute atomic E-state index is 0.691. The fraction of sp³-hybridized carbons (Fsp3) is 0.412. The average Bonchev–Trinajstić information content (AvgIpc) is 2.94. The highest BCUT2D eigenvalue weighted by atomic mass is 32.1. The summed E-state index contributed by atoms with van der Waals surface area (Å²) in [5, 5.41) is 7.72. The summed E-state index contributed by atoms with van der Waals surface area (Å²) in [5.74, 6) is 0.786. The van der Waals surface area contributed by atoms with Crippen LogP contribution >= 0.6 is 11.3 Å². The van der Waals surface area contributed by atoms with Crippen molar-refractivity contribution in [2.45, 2.75) is 26.9 Å². The van der Waals surface area contributed by atoms with Gasteiger partial charge >= 0.3 is 0 Å². The van der Waals surface area contributed by atoms with Crippen LogP contribution in [0.5, 0.6) is 0 Å². The molecule has 1 heterocycles. The van der Waals surface area contributed by atoms with E-state index in [9.17, 15) is 0 Å². The number of thiazole rings is 1. The van der Waals surface area contributed by atoms with Crippen LogP contribution in [0.25, 0.3) is 0 Å². The Morgan fingerprint density at radius 2 is 1.96 bits per heavy atom. The first-order valence-corrected chi connectivity index (χ1v) is 8.44. The van der Waals surface area contributed by atoms with Crippen LogP contribution in [0.15, 0.2) is 29.4 Å². The van der Waals surface area contributed by atoms with Crippen LogP contribution in [0.3, 0.4) is 0 Å². The standard InChI is InChI=1S/C17H25N5S/c1-12-8-15(22(4)5)7-6-14(12)10-20-17(18-3)21-11-16-19-9-13(2)23-16/h6-9H,10-11H2,1-5H3,(H2,18,20,21). The second kappa shape index (κ2) is 7.97. The van der Waals surface area contributed by atoms with E-state index in [1.54, 1.807) is 18.4 Å². The highest BCUT2D eigenvalue weighted by Crippen LogP contribution is 2.17. The Balaban J connectivity index is 1.90. The highest BCUT2D eigenvalue weighted by molar-refractivity contribution is 7.11. The third kappa shape index (κ3) is 4.96. The molecule has 0 spiro atoms. The number of aromatic nitrogens is 1. The van der Waals surface area contributed by atoms with Crippen LogP contribution < -0.4 is 15.5 Å². The van der Waals surface area contributed by atoms with Gasteiger partial charge in [0.05, 0.1) is 6.54 Å². The van der Waals surface area contributed by atoms with Gasteiger partial charge in [0.25, 0.3) is 0 Å². The maximum Gasteiger partial charge on any atom is 0.191 e. The van der Waals surface area contributed by atoms with Gasteiger partial charge in [-0.15, -0.1) is 11.3 Å².